The van der Waals surface area contributed by atoms with E-state index < -0.39 is 23.7 Å². The van der Waals surface area contributed by atoms with Crippen LogP contribution in [0.5, 0.6) is 0 Å². The number of fused-ring (bicyclic) bond motifs is 3. The molecule has 5 rings (SSSR count). The first-order chi connectivity index (χ1) is 19.2. The van der Waals surface area contributed by atoms with Crippen molar-refractivity contribution in [3.63, 3.8) is 0 Å². The Balaban J connectivity index is 1.29. The van der Waals surface area contributed by atoms with E-state index in [2.05, 4.69) is 34.6 Å². The number of carbonyl (C=O) groups excluding carboxylic acids is 2. The number of nitrogens with zero attached hydrogens (tertiary/aromatic N) is 1. The summed E-state index contributed by atoms with van der Waals surface area (Å²) in [6, 6.07) is 27.3. The van der Waals surface area contributed by atoms with Crippen LogP contribution in [-0.2, 0) is 20.7 Å². The Morgan fingerprint density at radius 2 is 1.45 bits per heavy atom. The highest BCUT2D eigenvalue weighted by molar-refractivity contribution is 5.82. The summed E-state index contributed by atoms with van der Waals surface area (Å²) in [6.07, 6.45) is 1.29. The maximum absolute atomic E-state index is 13.1. The number of ether oxygens (including phenoxy) is 2. The fraction of sp³-hybridized carbons (Fsp3) is 0.265. The molecule has 1 aliphatic rings. The van der Waals surface area contributed by atoms with E-state index in [1.807, 2.05) is 67.6 Å². The van der Waals surface area contributed by atoms with E-state index in [9.17, 15) is 9.59 Å². The number of esters is 1. The quantitative estimate of drug-likeness (QED) is 0.263. The standard InChI is InChI=1S/C34H34N2O4/c1-22-11-5-6-12-24(22)30-18-17-23(20-35-30)19-31(32(37)40-34(2,3)4)36-33(38)39-21-29-27-15-9-7-13-25(27)26-14-8-10-16-28(26)29/h5-18,20,29,31H,19,21H2,1-4H3,(H,36,38). The molecule has 40 heavy (non-hydrogen) atoms. The van der Waals surface area contributed by atoms with Crippen LogP contribution in [-0.4, -0.2) is 35.3 Å². The molecule has 0 bridgehead atoms. The van der Waals surface area contributed by atoms with Crippen molar-refractivity contribution in [2.75, 3.05) is 6.61 Å². The van der Waals surface area contributed by atoms with Crippen LogP contribution in [0.15, 0.2) is 91.1 Å². The Hall–Kier alpha value is -4.45. The SMILES string of the molecule is Cc1ccccc1-c1ccc(CC(NC(=O)OCC2c3ccccc3-c3ccccc32)C(=O)OC(C)(C)C)cn1. The number of rotatable bonds is 7. The van der Waals surface area contributed by atoms with Gasteiger partial charge in [-0.25, -0.2) is 9.59 Å². The molecule has 0 radical (unpaired) electrons. The summed E-state index contributed by atoms with van der Waals surface area (Å²) in [5.41, 5.74) is 7.68. The molecule has 1 N–H and O–H groups in total. The summed E-state index contributed by atoms with van der Waals surface area (Å²) in [6.45, 7) is 7.60. The van der Waals surface area contributed by atoms with E-state index in [1.165, 1.54) is 0 Å². The third-order valence-electron chi connectivity index (χ3n) is 7.01. The van der Waals surface area contributed by atoms with Gasteiger partial charge in [-0.2, -0.15) is 0 Å². The van der Waals surface area contributed by atoms with Crippen LogP contribution in [0.1, 0.15) is 48.9 Å². The second-order valence-corrected chi connectivity index (χ2v) is 11.1. The predicted octanol–water partition coefficient (Wildman–Crippen LogP) is 6.85. The molecule has 0 fully saturated rings. The number of nitrogens with one attached hydrogen (secondary N) is 1. The van der Waals surface area contributed by atoms with Crippen LogP contribution in [0, 0.1) is 6.92 Å². The Bertz CT molecular complexity index is 1480. The molecule has 3 aromatic carbocycles. The smallest absolute Gasteiger partial charge is 0.407 e. The van der Waals surface area contributed by atoms with Gasteiger partial charge in [0.15, 0.2) is 0 Å². The van der Waals surface area contributed by atoms with Gasteiger partial charge in [-0.1, -0.05) is 78.9 Å². The van der Waals surface area contributed by atoms with E-state index in [0.717, 1.165) is 44.6 Å². The fourth-order valence-electron chi connectivity index (χ4n) is 5.15. The van der Waals surface area contributed by atoms with Crippen molar-refractivity contribution < 1.29 is 19.1 Å². The zero-order chi connectivity index (χ0) is 28.3. The minimum Gasteiger partial charge on any atom is -0.458 e. The lowest BCUT2D eigenvalue weighted by Crippen LogP contribution is -2.46. The maximum Gasteiger partial charge on any atom is 0.407 e. The average Bonchev–Trinajstić information content (AvgIpc) is 3.25. The molecule has 204 valence electrons. The number of aromatic nitrogens is 1. The number of hydrogen-bond donors (Lipinski definition) is 1. The normalized spacial score (nSPS) is 13.2. The molecule has 0 spiro atoms. The molecule has 1 unspecified atom stereocenters. The van der Waals surface area contributed by atoms with E-state index in [1.54, 1.807) is 27.0 Å². The second-order valence-electron chi connectivity index (χ2n) is 11.1. The van der Waals surface area contributed by atoms with Crippen molar-refractivity contribution >= 4 is 12.1 Å². The minimum atomic E-state index is -0.930. The predicted molar refractivity (Wildman–Crippen MR) is 156 cm³/mol. The van der Waals surface area contributed by atoms with Crippen LogP contribution < -0.4 is 5.32 Å². The molecule has 1 aliphatic carbocycles. The van der Waals surface area contributed by atoms with Crippen LogP contribution in [0.3, 0.4) is 0 Å². The van der Waals surface area contributed by atoms with Gasteiger partial charge in [-0.3, -0.25) is 4.98 Å². The molecule has 0 saturated carbocycles. The average molecular weight is 535 g/mol. The van der Waals surface area contributed by atoms with Crippen molar-refractivity contribution in [3.05, 3.63) is 113 Å². The van der Waals surface area contributed by atoms with Crippen molar-refractivity contribution in [1.82, 2.24) is 10.3 Å². The number of amides is 1. The third kappa shape index (κ3) is 6.07. The highest BCUT2D eigenvalue weighted by atomic mass is 16.6. The summed E-state index contributed by atoms with van der Waals surface area (Å²) >= 11 is 0. The Kier molecular flexibility index (Phi) is 7.69. The van der Waals surface area contributed by atoms with Gasteiger partial charge in [0.1, 0.15) is 18.2 Å². The summed E-state index contributed by atoms with van der Waals surface area (Å²) in [5, 5.41) is 2.75. The van der Waals surface area contributed by atoms with Crippen molar-refractivity contribution in [2.45, 2.75) is 51.7 Å². The lowest BCUT2D eigenvalue weighted by molar-refractivity contribution is -0.157. The van der Waals surface area contributed by atoms with Crippen LogP contribution in [0.4, 0.5) is 4.79 Å². The molecule has 1 aromatic heterocycles. The molecule has 1 heterocycles. The van der Waals surface area contributed by atoms with Crippen molar-refractivity contribution in [1.29, 1.82) is 0 Å². The minimum absolute atomic E-state index is 0.0729. The van der Waals surface area contributed by atoms with Crippen LogP contribution >= 0.6 is 0 Å². The summed E-state index contributed by atoms with van der Waals surface area (Å²) in [7, 11) is 0. The highest BCUT2D eigenvalue weighted by Crippen LogP contribution is 2.44. The number of pyridine rings is 1. The molecule has 6 nitrogen and oxygen atoms in total. The van der Waals surface area contributed by atoms with E-state index in [4.69, 9.17) is 9.47 Å². The van der Waals surface area contributed by atoms with E-state index in [0.29, 0.717) is 0 Å². The Morgan fingerprint density at radius 1 is 0.850 bits per heavy atom. The Morgan fingerprint density at radius 3 is 2.02 bits per heavy atom. The molecular formula is C34H34N2O4. The van der Waals surface area contributed by atoms with Gasteiger partial charge in [0, 0.05) is 24.1 Å². The van der Waals surface area contributed by atoms with Crippen molar-refractivity contribution in [3.8, 4) is 22.4 Å². The lowest BCUT2D eigenvalue weighted by atomic mass is 9.98. The van der Waals surface area contributed by atoms with Gasteiger partial charge >= 0.3 is 12.1 Å². The molecule has 6 heteroatoms. The molecule has 1 atom stereocenters. The number of alkyl carbamates (subject to hydrolysis) is 1. The van der Waals surface area contributed by atoms with E-state index in [-0.39, 0.29) is 18.9 Å². The van der Waals surface area contributed by atoms with Crippen LogP contribution in [0.2, 0.25) is 0 Å². The monoisotopic (exact) mass is 534 g/mol. The summed E-state index contributed by atoms with van der Waals surface area (Å²) in [5.74, 6) is -0.597. The molecule has 0 aliphatic heterocycles. The second kappa shape index (κ2) is 11.3. The first kappa shape index (κ1) is 27.1. The number of carbonyl (C=O) groups is 2. The first-order valence-corrected chi connectivity index (χ1v) is 13.5. The third-order valence-corrected chi connectivity index (χ3v) is 7.01. The first-order valence-electron chi connectivity index (χ1n) is 13.5. The summed E-state index contributed by atoms with van der Waals surface area (Å²) < 4.78 is 11.3. The fourth-order valence-corrected chi connectivity index (χ4v) is 5.15. The van der Waals surface area contributed by atoms with Crippen LogP contribution in [0.25, 0.3) is 22.4 Å². The molecular weight excluding hydrogens is 500 g/mol. The Labute approximate surface area is 235 Å². The van der Waals surface area contributed by atoms with Gasteiger partial charge < -0.3 is 14.8 Å². The number of benzene rings is 3. The van der Waals surface area contributed by atoms with Crippen molar-refractivity contribution in [2.24, 2.45) is 0 Å². The zero-order valence-corrected chi connectivity index (χ0v) is 23.3. The molecule has 0 saturated heterocycles. The lowest BCUT2D eigenvalue weighted by Gasteiger charge is -2.25. The number of aryl methyl sites for hydroxylation is 1. The topological polar surface area (TPSA) is 77.5 Å². The maximum atomic E-state index is 13.1. The van der Waals surface area contributed by atoms with Gasteiger partial charge in [0.05, 0.1) is 5.69 Å². The van der Waals surface area contributed by atoms with Gasteiger partial charge in [-0.05, 0) is 67.1 Å². The largest absolute Gasteiger partial charge is 0.458 e. The van der Waals surface area contributed by atoms with Gasteiger partial charge in [0.2, 0.25) is 0 Å². The highest BCUT2D eigenvalue weighted by Gasteiger charge is 2.31. The van der Waals surface area contributed by atoms with Gasteiger partial charge in [0.25, 0.3) is 0 Å². The molecule has 1 amide bonds. The zero-order valence-electron chi connectivity index (χ0n) is 23.3. The summed E-state index contributed by atoms with van der Waals surface area (Å²) in [4.78, 5) is 30.7. The van der Waals surface area contributed by atoms with E-state index >= 15 is 0 Å². The number of hydrogen-bond acceptors (Lipinski definition) is 5. The van der Waals surface area contributed by atoms with Gasteiger partial charge in [-0.15, -0.1) is 0 Å². The molecule has 4 aromatic rings.